The Kier molecular flexibility index (Phi) is 3.51. The van der Waals surface area contributed by atoms with E-state index in [-0.39, 0.29) is 13.2 Å². The Morgan fingerprint density at radius 3 is 2.75 bits per heavy atom. The number of hydrogen-bond acceptors (Lipinski definition) is 2. The van der Waals surface area contributed by atoms with Crippen LogP contribution in [0.2, 0.25) is 0 Å². The van der Waals surface area contributed by atoms with Crippen LogP contribution in [-0.4, -0.2) is 25.1 Å². The van der Waals surface area contributed by atoms with Crippen molar-refractivity contribution in [3.63, 3.8) is 0 Å². The van der Waals surface area contributed by atoms with E-state index in [1.54, 1.807) is 0 Å². The van der Waals surface area contributed by atoms with E-state index in [1.165, 1.54) is 0 Å². The first-order valence-corrected chi connectivity index (χ1v) is 5.42. The SMILES string of the molecule is FC1(F)CNCC[C@H]1OCc1ccccc1. The lowest BCUT2D eigenvalue weighted by Crippen LogP contribution is -2.50. The fourth-order valence-electron chi connectivity index (χ4n) is 1.79. The number of alkyl halides is 2. The van der Waals surface area contributed by atoms with E-state index >= 15 is 0 Å². The molecule has 0 radical (unpaired) electrons. The van der Waals surface area contributed by atoms with E-state index in [4.69, 9.17) is 4.74 Å². The van der Waals surface area contributed by atoms with E-state index in [2.05, 4.69) is 5.32 Å². The van der Waals surface area contributed by atoms with Gasteiger partial charge in [0.1, 0.15) is 6.10 Å². The van der Waals surface area contributed by atoms with Gasteiger partial charge in [0.25, 0.3) is 5.92 Å². The Labute approximate surface area is 93.6 Å². The molecule has 1 aliphatic heterocycles. The fraction of sp³-hybridized carbons (Fsp3) is 0.500. The zero-order valence-corrected chi connectivity index (χ0v) is 8.96. The van der Waals surface area contributed by atoms with Crippen LogP contribution < -0.4 is 5.32 Å². The van der Waals surface area contributed by atoms with Crippen LogP contribution in [0.4, 0.5) is 8.78 Å². The van der Waals surface area contributed by atoms with Gasteiger partial charge in [-0.25, -0.2) is 8.78 Å². The minimum atomic E-state index is -2.76. The quantitative estimate of drug-likeness (QED) is 0.854. The van der Waals surface area contributed by atoms with Gasteiger partial charge in [0.05, 0.1) is 13.2 Å². The summed E-state index contributed by atoms with van der Waals surface area (Å²) in [5, 5.41) is 2.67. The molecule has 0 amide bonds. The predicted octanol–water partition coefficient (Wildman–Crippen LogP) is 2.20. The Morgan fingerprint density at radius 1 is 1.31 bits per heavy atom. The highest BCUT2D eigenvalue weighted by atomic mass is 19.3. The van der Waals surface area contributed by atoms with Crippen LogP contribution in [-0.2, 0) is 11.3 Å². The summed E-state index contributed by atoms with van der Waals surface area (Å²) in [6.45, 7) is 0.558. The second-order valence-corrected chi connectivity index (χ2v) is 4.01. The molecule has 0 spiro atoms. The van der Waals surface area contributed by atoms with Gasteiger partial charge < -0.3 is 10.1 Å². The van der Waals surface area contributed by atoms with Gasteiger partial charge in [-0.05, 0) is 18.5 Å². The lowest BCUT2D eigenvalue weighted by Gasteiger charge is -2.31. The van der Waals surface area contributed by atoms with E-state index in [9.17, 15) is 8.78 Å². The molecule has 1 N–H and O–H groups in total. The number of benzene rings is 1. The smallest absolute Gasteiger partial charge is 0.285 e. The van der Waals surface area contributed by atoms with Crippen molar-refractivity contribution in [3.05, 3.63) is 35.9 Å². The minimum Gasteiger partial charge on any atom is -0.367 e. The third-order valence-corrected chi connectivity index (χ3v) is 2.71. The summed E-state index contributed by atoms with van der Waals surface area (Å²) in [4.78, 5) is 0. The highest BCUT2D eigenvalue weighted by Gasteiger charge is 2.42. The van der Waals surface area contributed by atoms with Crippen LogP contribution in [0.25, 0.3) is 0 Å². The van der Waals surface area contributed by atoms with Crippen LogP contribution in [0, 0.1) is 0 Å². The molecule has 16 heavy (non-hydrogen) atoms. The number of hydrogen-bond donors (Lipinski definition) is 1. The predicted molar refractivity (Wildman–Crippen MR) is 57.5 cm³/mol. The molecule has 2 nitrogen and oxygen atoms in total. The van der Waals surface area contributed by atoms with Crippen molar-refractivity contribution >= 4 is 0 Å². The van der Waals surface area contributed by atoms with Gasteiger partial charge in [0.2, 0.25) is 0 Å². The minimum absolute atomic E-state index is 0.251. The van der Waals surface area contributed by atoms with Crippen molar-refractivity contribution in [2.24, 2.45) is 0 Å². The molecule has 0 unspecified atom stereocenters. The Balaban J connectivity index is 1.90. The average Bonchev–Trinajstić information content (AvgIpc) is 2.28. The zero-order valence-electron chi connectivity index (χ0n) is 8.96. The molecule has 2 rings (SSSR count). The summed E-state index contributed by atoms with van der Waals surface area (Å²) in [6.07, 6.45) is -0.603. The molecule has 1 aromatic rings. The summed E-state index contributed by atoms with van der Waals surface area (Å²) < 4.78 is 32.1. The Hall–Kier alpha value is -1.00. The van der Waals surface area contributed by atoms with Crippen LogP contribution in [0.1, 0.15) is 12.0 Å². The number of nitrogens with one attached hydrogen (secondary N) is 1. The molecule has 1 aromatic carbocycles. The van der Waals surface area contributed by atoms with E-state index in [0.717, 1.165) is 5.56 Å². The summed E-state index contributed by atoms with van der Waals surface area (Å²) in [7, 11) is 0. The number of piperidine rings is 1. The molecular formula is C12H15F2NO. The van der Waals surface area contributed by atoms with Crippen molar-refractivity contribution in [2.75, 3.05) is 13.1 Å². The summed E-state index contributed by atoms with van der Waals surface area (Å²) >= 11 is 0. The molecule has 1 atom stereocenters. The highest BCUT2D eigenvalue weighted by molar-refractivity contribution is 5.13. The van der Waals surface area contributed by atoms with Crippen LogP contribution >= 0.6 is 0 Å². The molecule has 0 aromatic heterocycles. The van der Waals surface area contributed by atoms with Crippen LogP contribution in [0.3, 0.4) is 0 Å². The van der Waals surface area contributed by atoms with Gasteiger partial charge in [-0.3, -0.25) is 0 Å². The highest BCUT2D eigenvalue weighted by Crippen LogP contribution is 2.26. The van der Waals surface area contributed by atoms with Crippen LogP contribution in [0.5, 0.6) is 0 Å². The molecule has 1 aliphatic rings. The monoisotopic (exact) mass is 227 g/mol. The Morgan fingerprint density at radius 2 is 2.06 bits per heavy atom. The van der Waals surface area contributed by atoms with Gasteiger partial charge >= 0.3 is 0 Å². The third-order valence-electron chi connectivity index (χ3n) is 2.71. The standard InChI is InChI=1S/C12H15F2NO/c13-12(14)9-15-7-6-11(12)16-8-10-4-2-1-3-5-10/h1-5,11,15H,6-9H2/t11-/m1/s1. The summed E-state index contributed by atoms with van der Waals surface area (Å²) in [6, 6.07) is 9.39. The van der Waals surface area contributed by atoms with Crippen molar-refractivity contribution < 1.29 is 13.5 Å². The maximum absolute atomic E-state index is 13.4. The van der Waals surface area contributed by atoms with Gasteiger partial charge in [0, 0.05) is 0 Å². The molecule has 88 valence electrons. The van der Waals surface area contributed by atoms with Gasteiger partial charge in [-0.15, -0.1) is 0 Å². The Bertz CT molecular complexity index is 329. The molecular weight excluding hydrogens is 212 g/mol. The molecule has 1 fully saturated rings. The number of ether oxygens (including phenoxy) is 1. The van der Waals surface area contributed by atoms with Crippen molar-refractivity contribution in [2.45, 2.75) is 25.1 Å². The van der Waals surface area contributed by atoms with Crippen molar-refractivity contribution in [1.29, 1.82) is 0 Å². The van der Waals surface area contributed by atoms with Gasteiger partial charge in [0.15, 0.2) is 0 Å². The van der Waals surface area contributed by atoms with Crippen LogP contribution in [0.15, 0.2) is 30.3 Å². The molecule has 0 bridgehead atoms. The lowest BCUT2D eigenvalue weighted by atomic mass is 10.1. The molecule has 1 saturated heterocycles. The van der Waals surface area contributed by atoms with Crippen molar-refractivity contribution in [3.8, 4) is 0 Å². The molecule has 0 aliphatic carbocycles. The molecule has 1 heterocycles. The topological polar surface area (TPSA) is 21.3 Å². The maximum atomic E-state index is 13.4. The van der Waals surface area contributed by atoms with E-state index in [0.29, 0.717) is 13.0 Å². The molecule has 0 saturated carbocycles. The molecule has 4 heteroatoms. The third kappa shape index (κ3) is 2.77. The van der Waals surface area contributed by atoms with Crippen molar-refractivity contribution in [1.82, 2.24) is 5.32 Å². The summed E-state index contributed by atoms with van der Waals surface area (Å²) in [5.41, 5.74) is 0.928. The first kappa shape index (κ1) is 11.5. The first-order chi connectivity index (χ1) is 7.68. The lowest BCUT2D eigenvalue weighted by molar-refractivity contribution is -0.153. The van der Waals surface area contributed by atoms with E-state index < -0.39 is 12.0 Å². The van der Waals surface area contributed by atoms with Gasteiger partial charge in [-0.2, -0.15) is 0 Å². The van der Waals surface area contributed by atoms with E-state index in [1.807, 2.05) is 30.3 Å². The second-order valence-electron chi connectivity index (χ2n) is 4.01. The zero-order chi connectivity index (χ0) is 11.4. The summed E-state index contributed by atoms with van der Waals surface area (Å²) in [5.74, 6) is -2.76. The number of halogens is 2. The average molecular weight is 227 g/mol. The second kappa shape index (κ2) is 4.89. The normalized spacial score (nSPS) is 24.2. The first-order valence-electron chi connectivity index (χ1n) is 5.42. The number of rotatable bonds is 3. The fourth-order valence-corrected chi connectivity index (χ4v) is 1.79. The maximum Gasteiger partial charge on any atom is 0.285 e. The largest absolute Gasteiger partial charge is 0.367 e. The van der Waals surface area contributed by atoms with Gasteiger partial charge in [-0.1, -0.05) is 30.3 Å².